The van der Waals surface area contributed by atoms with E-state index in [2.05, 4.69) is 62.8 Å². The van der Waals surface area contributed by atoms with Crippen molar-refractivity contribution in [1.29, 1.82) is 0 Å². The Morgan fingerprint density at radius 3 is 2.33 bits per heavy atom. The third-order valence-corrected chi connectivity index (χ3v) is 8.43. The van der Waals surface area contributed by atoms with Crippen LogP contribution >= 0.6 is 31.9 Å². The first kappa shape index (κ1) is 33.2. The minimum absolute atomic E-state index is 0.00135. The van der Waals surface area contributed by atoms with Crippen LogP contribution in [0.25, 0.3) is 0 Å². The summed E-state index contributed by atoms with van der Waals surface area (Å²) in [6.07, 6.45) is 5.54. The minimum atomic E-state index is -1.01. The molecule has 4 atom stereocenters. The molecule has 0 saturated carbocycles. The van der Waals surface area contributed by atoms with E-state index in [0.717, 1.165) is 0 Å². The third kappa shape index (κ3) is 7.42. The SMILES string of the molecule is CNc1cncc(C(=O)N2C[C@H](Nc3c(C(=O)N4C[C@@H](C)O[C@@H](C)C4)cc(Br)cc3[N+](=O)[O-])C[C@H]2C(=O)Nc2ncc(Br)cn2)c1. The van der Waals surface area contributed by atoms with Crippen LogP contribution in [0.1, 0.15) is 41.0 Å². The molecule has 0 bridgehead atoms. The average molecular weight is 761 g/mol. The van der Waals surface area contributed by atoms with Crippen LogP contribution < -0.4 is 16.0 Å². The zero-order chi connectivity index (χ0) is 33.1. The van der Waals surface area contributed by atoms with Crippen LogP contribution in [-0.2, 0) is 9.53 Å². The first-order valence-corrected chi connectivity index (χ1v) is 15.9. The monoisotopic (exact) mass is 759 g/mol. The van der Waals surface area contributed by atoms with Gasteiger partial charge in [0, 0.05) is 68.1 Å². The fourth-order valence-corrected chi connectivity index (χ4v) is 6.27. The van der Waals surface area contributed by atoms with E-state index in [1.807, 2.05) is 13.8 Å². The first-order chi connectivity index (χ1) is 21.9. The Hall–Kier alpha value is -4.22. The maximum absolute atomic E-state index is 13.9. The van der Waals surface area contributed by atoms with Gasteiger partial charge in [0.25, 0.3) is 17.5 Å². The maximum Gasteiger partial charge on any atom is 0.294 e. The normalized spacial score (nSPS) is 21.1. The van der Waals surface area contributed by atoms with Crippen molar-refractivity contribution >= 4 is 72.6 Å². The van der Waals surface area contributed by atoms with E-state index >= 15 is 0 Å². The quantitative estimate of drug-likeness (QED) is 0.223. The van der Waals surface area contributed by atoms with Gasteiger partial charge in [-0.15, -0.1) is 0 Å². The fourth-order valence-electron chi connectivity index (χ4n) is 5.62. The molecule has 2 aliphatic heterocycles. The van der Waals surface area contributed by atoms with Crippen LogP contribution in [0.15, 0.2) is 51.9 Å². The Kier molecular flexibility index (Phi) is 10.1. The van der Waals surface area contributed by atoms with Crippen molar-refractivity contribution in [1.82, 2.24) is 24.8 Å². The molecule has 46 heavy (non-hydrogen) atoms. The summed E-state index contributed by atoms with van der Waals surface area (Å²) >= 11 is 6.57. The number of rotatable bonds is 8. The highest BCUT2D eigenvalue weighted by atomic mass is 79.9. The molecule has 0 radical (unpaired) electrons. The highest BCUT2D eigenvalue weighted by Crippen LogP contribution is 2.36. The van der Waals surface area contributed by atoms with E-state index in [9.17, 15) is 24.5 Å². The molecule has 17 heteroatoms. The number of carbonyl (C=O) groups is 3. The topological polar surface area (TPSA) is 185 Å². The number of anilines is 3. The standard InChI is InChI=1S/C29H31Br2N9O6/c1-15-12-38(13-16(2)46-15)28(43)22-5-18(30)6-23(40(44)45)25(22)36-21-7-24(26(41)37-29-34-9-19(31)10-35-29)39(14-21)27(42)17-4-20(32-3)11-33-8-17/h4-6,8-11,15-16,21,24,32,36H,7,12-14H2,1-3H3,(H,34,35,37,41)/t15-,16+,21-,24+/m1/s1. The molecule has 3 aromatic rings. The second-order valence-corrected chi connectivity index (χ2v) is 12.9. The zero-order valence-electron chi connectivity index (χ0n) is 25.1. The number of pyridine rings is 1. The van der Waals surface area contributed by atoms with Crippen LogP contribution in [0, 0.1) is 10.1 Å². The van der Waals surface area contributed by atoms with Gasteiger partial charge in [-0.2, -0.15) is 0 Å². The van der Waals surface area contributed by atoms with Gasteiger partial charge in [0.1, 0.15) is 11.7 Å². The second kappa shape index (κ2) is 14.0. The number of benzene rings is 1. The number of hydrogen-bond acceptors (Lipinski definition) is 11. The number of nitrogens with one attached hydrogen (secondary N) is 3. The maximum atomic E-state index is 13.9. The van der Waals surface area contributed by atoms with Crippen LogP contribution in [0.2, 0.25) is 0 Å². The van der Waals surface area contributed by atoms with Crippen LogP contribution in [0.4, 0.5) is 23.0 Å². The summed E-state index contributed by atoms with van der Waals surface area (Å²) in [6, 6.07) is 2.80. The smallest absolute Gasteiger partial charge is 0.294 e. The van der Waals surface area contributed by atoms with Crippen LogP contribution in [0.5, 0.6) is 0 Å². The number of ether oxygens (including phenoxy) is 1. The lowest BCUT2D eigenvalue weighted by Crippen LogP contribution is -2.48. The number of morpholine rings is 1. The van der Waals surface area contributed by atoms with Gasteiger partial charge in [-0.1, -0.05) is 15.9 Å². The van der Waals surface area contributed by atoms with E-state index in [1.165, 1.54) is 35.6 Å². The molecule has 2 saturated heterocycles. The molecule has 0 spiro atoms. The van der Waals surface area contributed by atoms with E-state index in [0.29, 0.717) is 27.7 Å². The number of nitro groups is 1. The zero-order valence-corrected chi connectivity index (χ0v) is 28.2. The molecular weight excluding hydrogens is 730 g/mol. The molecular formula is C29H31Br2N9O6. The van der Waals surface area contributed by atoms with Gasteiger partial charge in [0.2, 0.25) is 11.9 Å². The lowest BCUT2D eigenvalue weighted by molar-refractivity contribution is -0.384. The number of nitrogens with zero attached hydrogens (tertiary/aromatic N) is 6. The Morgan fingerprint density at radius 2 is 1.67 bits per heavy atom. The van der Waals surface area contributed by atoms with E-state index in [4.69, 9.17) is 4.74 Å². The summed E-state index contributed by atoms with van der Waals surface area (Å²) in [5.74, 6) is -1.38. The second-order valence-electron chi connectivity index (χ2n) is 11.0. The number of likely N-dealkylation sites (tertiary alicyclic amines) is 1. The number of hydrogen-bond donors (Lipinski definition) is 3. The minimum Gasteiger partial charge on any atom is -0.387 e. The predicted octanol–water partition coefficient (Wildman–Crippen LogP) is 3.93. The van der Waals surface area contributed by atoms with Crippen molar-refractivity contribution in [3.63, 3.8) is 0 Å². The third-order valence-electron chi connectivity index (χ3n) is 7.56. The fraction of sp³-hybridized carbons (Fsp3) is 0.379. The van der Waals surface area contributed by atoms with Gasteiger partial charge in [0.15, 0.2) is 0 Å². The van der Waals surface area contributed by atoms with Gasteiger partial charge in [-0.3, -0.25) is 34.8 Å². The lowest BCUT2D eigenvalue weighted by atomic mass is 10.1. The van der Waals surface area contributed by atoms with Crippen molar-refractivity contribution in [2.45, 2.75) is 44.6 Å². The van der Waals surface area contributed by atoms with E-state index in [1.54, 1.807) is 24.2 Å². The van der Waals surface area contributed by atoms with Crippen LogP contribution in [-0.4, -0.2) is 98.4 Å². The predicted molar refractivity (Wildman–Crippen MR) is 176 cm³/mol. The van der Waals surface area contributed by atoms with Crippen molar-refractivity contribution < 1.29 is 24.0 Å². The van der Waals surface area contributed by atoms with Gasteiger partial charge in [-0.05, 0) is 48.3 Å². The van der Waals surface area contributed by atoms with Crippen molar-refractivity contribution in [3.8, 4) is 0 Å². The molecule has 1 aromatic carbocycles. The van der Waals surface area contributed by atoms with Gasteiger partial charge in [-0.25, -0.2) is 9.97 Å². The van der Waals surface area contributed by atoms with Gasteiger partial charge >= 0.3 is 0 Å². The summed E-state index contributed by atoms with van der Waals surface area (Å²) in [6.45, 7) is 4.33. The molecule has 242 valence electrons. The van der Waals surface area contributed by atoms with Crippen LogP contribution in [0.3, 0.4) is 0 Å². The number of nitro benzene ring substituents is 1. The molecule has 2 fully saturated rings. The van der Waals surface area contributed by atoms with E-state index < -0.39 is 34.7 Å². The molecule has 15 nitrogen and oxygen atoms in total. The molecule has 2 aromatic heterocycles. The van der Waals surface area contributed by atoms with Gasteiger partial charge < -0.3 is 25.2 Å². The van der Waals surface area contributed by atoms with Crippen molar-refractivity contribution in [3.05, 3.63) is 73.2 Å². The molecule has 3 amide bonds. The molecule has 5 rings (SSSR count). The Labute approximate surface area is 280 Å². The Balaban J connectivity index is 1.48. The molecule has 3 N–H and O–H groups in total. The number of aromatic nitrogens is 3. The Bertz CT molecular complexity index is 1650. The van der Waals surface area contributed by atoms with Gasteiger partial charge in [0.05, 0.1) is 38.4 Å². The first-order valence-electron chi connectivity index (χ1n) is 14.3. The van der Waals surface area contributed by atoms with Crippen molar-refractivity contribution in [2.75, 3.05) is 42.6 Å². The van der Waals surface area contributed by atoms with E-state index in [-0.39, 0.29) is 53.6 Å². The summed E-state index contributed by atoms with van der Waals surface area (Å²) in [5, 5.41) is 21.0. The molecule has 0 aliphatic carbocycles. The average Bonchev–Trinajstić information content (AvgIpc) is 3.45. The molecule has 2 aliphatic rings. The van der Waals surface area contributed by atoms with Crippen molar-refractivity contribution in [2.24, 2.45) is 0 Å². The summed E-state index contributed by atoms with van der Waals surface area (Å²) in [5.41, 5.74) is 0.600. The largest absolute Gasteiger partial charge is 0.387 e. The highest BCUT2D eigenvalue weighted by molar-refractivity contribution is 9.10. The lowest BCUT2D eigenvalue weighted by Gasteiger charge is -2.35. The molecule has 0 unspecified atom stereocenters. The number of carbonyl (C=O) groups excluding carboxylic acids is 3. The number of halogens is 2. The highest BCUT2D eigenvalue weighted by Gasteiger charge is 2.42. The summed E-state index contributed by atoms with van der Waals surface area (Å²) < 4.78 is 6.75. The number of amides is 3. The Morgan fingerprint density at radius 1 is 0.978 bits per heavy atom. The molecule has 4 heterocycles. The summed E-state index contributed by atoms with van der Waals surface area (Å²) in [7, 11) is 1.69. The summed E-state index contributed by atoms with van der Waals surface area (Å²) in [4.78, 5) is 68.2.